The average molecular weight is 327 g/mol. The standard InChI is InChI=1S/C16H14FN5O2/c1-2-24-16-11(17)5-10(7-21-16)12-8-20-15-14(22-12)9(6-19-15)3-4-13(18)23/h3-8H,2H2,1H3,(H2,18,23)(H,19,20)/b4-3+. The van der Waals surface area contributed by atoms with Gasteiger partial charge in [0.25, 0.3) is 0 Å². The summed E-state index contributed by atoms with van der Waals surface area (Å²) in [7, 11) is 0. The monoisotopic (exact) mass is 327 g/mol. The molecule has 0 spiro atoms. The number of carbonyl (C=O) groups is 1. The Kier molecular flexibility index (Phi) is 4.19. The molecular formula is C16H14FN5O2. The number of amides is 1. The van der Waals surface area contributed by atoms with Crippen molar-refractivity contribution in [2.75, 3.05) is 6.61 Å². The molecule has 0 unspecified atom stereocenters. The normalized spacial score (nSPS) is 11.2. The molecule has 0 saturated carbocycles. The number of primary amides is 1. The molecule has 0 saturated heterocycles. The maximum absolute atomic E-state index is 14.0. The summed E-state index contributed by atoms with van der Waals surface area (Å²) in [6.07, 6.45) is 7.41. The van der Waals surface area contributed by atoms with Crippen LogP contribution < -0.4 is 10.5 Å². The van der Waals surface area contributed by atoms with E-state index in [0.717, 1.165) is 0 Å². The minimum Gasteiger partial charge on any atom is -0.476 e. The summed E-state index contributed by atoms with van der Waals surface area (Å²) >= 11 is 0. The summed E-state index contributed by atoms with van der Waals surface area (Å²) in [4.78, 5) is 26.5. The predicted molar refractivity (Wildman–Crippen MR) is 86.5 cm³/mol. The highest BCUT2D eigenvalue weighted by atomic mass is 19.1. The molecule has 3 heterocycles. The second kappa shape index (κ2) is 6.45. The first-order chi connectivity index (χ1) is 11.6. The van der Waals surface area contributed by atoms with Crippen LogP contribution in [0.25, 0.3) is 28.5 Å². The van der Waals surface area contributed by atoms with E-state index in [-0.39, 0.29) is 5.88 Å². The van der Waals surface area contributed by atoms with E-state index in [4.69, 9.17) is 10.5 Å². The second-order valence-corrected chi connectivity index (χ2v) is 4.88. The number of pyridine rings is 1. The van der Waals surface area contributed by atoms with Gasteiger partial charge in [0.1, 0.15) is 5.52 Å². The number of rotatable bonds is 5. The number of hydrogen-bond acceptors (Lipinski definition) is 5. The number of carbonyl (C=O) groups excluding carboxylic acids is 1. The first-order valence-electron chi connectivity index (χ1n) is 7.19. The van der Waals surface area contributed by atoms with Crippen molar-refractivity contribution in [3.63, 3.8) is 0 Å². The van der Waals surface area contributed by atoms with Gasteiger partial charge in [-0.1, -0.05) is 0 Å². The molecular weight excluding hydrogens is 313 g/mol. The molecule has 7 nitrogen and oxygen atoms in total. The van der Waals surface area contributed by atoms with Gasteiger partial charge >= 0.3 is 0 Å². The van der Waals surface area contributed by atoms with E-state index in [2.05, 4.69) is 19.9 Å². The van der Waals surface area contributed by atoms with Crippen LogP contribution in [0.2, 0.25) is 0 Å². The van der Waals surface area contributed by atoms with Gasteiger partial charge in [0.05, 0.1) is 18.5 Å². The molecule has 24 heavy (non-hydrogen) atoms. The molecule has 0 bridgehead atoms. The van der Waals surface area contributed by atoms with Gasteiger partial charge < -0.3 is 15.5 Å². The average Bonchev–Trinajstić information content (AvgIpc) is 2.97. The minimum atomic E-state index is -0.570. The largest absolute Gasteiger partial charge is 0.476 e. The van der Waals surface area contributed by atoms with Gasteiger partial charge in [0.2, 0.25) is 11.8 Å². The van der Waals surface area contributed by atoms with Gasteiger partial charge in [0, 0.05) is 29.6 Å². The van der Waals surface area contributed by atoms with Crippen molar-refractivity contribution in [3.05, 3.63) is 42.1 Å². The first-order valence-corrected chi connectivity index (χ1v) is 7.19. The Labute approximate surface area is 136 Å². The molecule has 1 amide bonds. The summed E-state index contributed by atoms with van der Waals surface area (Å²) in [6.45, 7) is 2.08. The number of halogens is 1. The number of aromatic nitrogens is 4. The van der Waals surface area contributed by atoms with Gasteiger partial charge in [-0.25, -0.2) is 19.3 Å². The van der Waals surface area contributed by atoms with Gasteiger partial charge in [-0.15, -0.1) is 0 Å². The van der Waals surface area contributed by atoms with Crippen LogP contribution in [-0.2, 0) is 4.79 Å². The Morgan fingerprint density at radius 1 is 1.42 bits per heavy atom. The van der Waals surface area contributed by atoms with E-state index in [9.17, 15) is 9.18 Å². The third-order valence-electron chi connectivity index (χ3n) is 3.22. The number of nitrogens with zero attached hydrogens (tertiary/aromatic N) is 3. The lowest BCUT2D eigenvalue weighted by Crippen LogP contribution is -2.05. The van der Waals surface area contributed by atoms with Crippen LogP contribution in [0, 0.1) is 5.82 Å². The molecule has 3 rings (SSSR count). The van der Waals surface area contributed by atoms with Crippen molar-refractivity contribution in [2.45, 2.75) is 6.92 Å². The lowest BCUT2D eigenvalue weighted by Gasteiger charge is -2.05. The smallest absolute Gasteiger partial charge is 0.250 e. The third-order valence-corrected chi connectivity index (χ3v) is 3.22. The number of nitrogens with two attached hydrogens (primary N) is 1. The van der Waals surface area contributed by atoms with Crippen LogP contribution in [0.5, 0.6) is 5.88 Å². The van der Waals surface area contributed by atoms with E-state index < -0.39 is 11.7 Å². The first kappa shape index (κ1) is 15.6. The van der Waals surface area contributed by atoms with E-state index in [1.807, 2.05) is 0 Å². The molecule has 3 aromatic rings. The molecule has 8 heteroatoms. The summed E-state index contributed by atoms with van der Waals surface area (Å²) in [6, 6.07) is 1.29. The number of ether oxygens (including phenoxy) is 1. The van der Waals surface area contributed by atoms with Crippen molar-refractivity contribution in [2.24, 2.45) is 5.73 Å². The van der Waals surface area contributed by atoms with Crippen molar-refractivity contribution in [3.8, 4) is 17.1 Å². The summed E-state index contributed by atoms with van der Waals surface area (Å²) < 4.78 is 19.0. The minimum absolute atomic E-state index is 0.0537. The van der Waals surface area contributed by atoms with Crippen molar-refractivity contribution >= 4 is 23.1 Å². The maximum Gasteiger partial charge on any atom is 0.250 e. The summed E-state index contributed by atoms with van der Waals surface area (Å²) in [5.41, 5.74) is 7.75. The number of fused-ring (bicyclic) bond motifs is 1. The zero-order valence-electron chi connectivity index (χ0n) is 12.8. The van der Waals surface area contributed by atoms with E-state index in [0.29, 0.717) is 34.6 Å². The SMILES string of the molecule is CCOc1ncc(-c2cnc3[nH]cc(/C=C/C(N)=O)c3n2)cc1F. The van der Waals surface area contributed by atoms with Gasteiger partial charge in [-0.2, -0.15) is 0 Å². The molecule has 3 aromatic heterocycles. The van der Waals surface area contributed by atoms with Crippen LogP contribution in [0.1, 0.15) is 12.5 Å². The topological polar surface area (TPSA) is 107 Å². The number of aromatic amines is 1. The second-order valence-electron chi connectivity index (χ2n) is 4.88. The van der Waals surface area contributed by atoms with Crippen LogP contribution in [0.4, 0.5) is 4.39 Å². The Balaban J connectivity index is 2.02. The zero-order chi connectivity index (χ0) is 17.1. The van der Waals surface area contributed by atoms with Gasteiger partial charge in [-0.3, -0.25) is 4.79 Å². The Hall–Kier alpha value is -3.29. The molecule has 0 aliphatic carbocycles. The Morgan fingerprint density at radius 2 is 2.25 bits per heavy atom. The molecule has 0 atom stereocenters. The number of H-pyrrole nitrogens is 1. The highest BCUT2D eigenvalue weighted by Gasteiger charge is 2.11. The van der Waals surface area contributed by atoms with E-state index in [1.165, 1.54) is 30.6 Å². The van der Waals surface area contributed by atoms with Gasteiger partial charge in [-0.05, 0) is 19.1 Å². The number of hydrogen-bond donors (Lipinski definition) is 2. The van der Waals surface area contributed by atoms with E-state index in [1.54, 1.807) is 13.1 Å². The molecule has 0 aromatic carbocycles. The molecule has 3 N–H and O–H groups in total. The summed E-state index contributed by atoms with van der Waals surface area (Å²) in [5, 5.41) is 0. The molecule has 0 fully saturated rings. The third kappa shape index (κ3) is 3.07. The molecule has 0 radical (unpaired) electrons. The molecule has 122 valence electrons. The Morgan fingerprint density at radius 3 is 2.96 bits per heavy atom. The molecule has 0 aliphatic heterocycles. The van der Waals surface area contributed by atoms with Crippen molar-refractivity contribution in [1.82, 2.24) is 19.9 Å². The van der Waals surface area contributed by atoms with Crippen LogP contribution >= 0.6 is 0 Å². The lowest BCUT2D eigenvalue weighted by atomic mass is 10.2. The number of nitrogens with one attached hydrogen (secondary N) is 1. The highest BCUT2D eigenvalue weighted by molar-refractivity contribution is 5.93. The zero-order valence-corrected chi connectivity index (χ0v) is 12.8. The van der Waals surface area contributed by atoms with Crippen LogP contribution in [0.15, 0.2) is 30.7 Å². The predicted octanol–water partition coefficient (Wildman–Crippen LogP) is 2.06. The van der Waals surface area contributed by atoms with Crippen LogP contribution in [-0.4, -0.2) is 32.4 Å². The maximum atomic E-state index is 14.0. The van der Waals surface area contributed by atoms with Crippen LogP contribution in [0.3, 0.4) is 0 Å². The van der Waals surface area contributed by atoms with Gasteiger partial charge in [0.15, 0.2) is 11.5 Å². The van der Waals surface area contributed by atoms with Crippen molar-refractivity contribution < 1.29 is 13.9 Å². The van der Waals surface area contributed by atoms with E-state index >= 15 is 0 Å². The fourth-order valence-corrected chi connectivity index (χ4v) is 2.16. The fourth-order valence-electron chi connectivity index (χ4n) is 2.16. The highest BCUT2D eigenvalue weighted by Crippen LogP contribution is 2.24. The van der Waals surface area contributed by atoms with Crippen molar-refractivity contribution in [1.29, 1.82) is 0 Å². The molecule has 0 aliphatic rings. The lowest BCUT2D eigenvalue weighted by molar-refractivity contribution is -0.113. The summed E-state index contributed by atoms with van der Waals surface area (Å²) in [5.74, 6) is -1.19. The fraction of sp³-hybridized carbons (Fsp3) is 0.125. The quantitative estimate of drug-likeness (QED) is 0.698. The Bertz CT molecular complexity index is 935.